The van der Waals surface area contributed by atoms with E-state index in [1.165, 1.54) is 86.2 Å². The monoisotopic (exact) mass is 747 g/mol. The highest BCUT2D eigenvalue weighted by atomic mass is 15.1. The van der Waals surface area contributed by atoms with Crippen LogP contribution in [0, 0.1) is 0 Å². The van der Waals surface area contributed by atoms with E-state index in [4.69, 9.17) is 0 Å². The molecule has 0 saturated heterocycles. The molecule has 59 heavy (non-hydrogen) atoms. The van der Waals surface area contributed by atoms with Crippen molar-refractivity contribution in [2.24, 2.45) is 0 Å². The largest absolute Gasteiger partial charge is 0.310 e. The molecule has 13 rings (SSSR count). The van der Waals surface area contributed by atoms with Crippen LogP contribution in [0.2, 0.25) is 0 Å². The Morgan fingerprint density at radius 2 is 0.661 bits per heavy atom. The summed E-state index contributed by atoms with van der Waals surface area (Å²) in [4.78, 5) is 11.8. The van der Waals surface area contributed by atoms with Crippen molar-refractivity contribution in [2.75, 3.05) is 4.90 Å². The average Bonchev–Trinajstić information content (AvgIpc) is 3.30. The van der Waals surface area contributed by atoms with E-state index in [-0.39, 0.29) is 0 Å². The van der Waals surface area contributed by atoms with Crippen molar-refractivity contribution < 1.29 is 0 Å². The first-order valence-corrected chi connectivity index (χ1v) is 20.2. The molecule has 0 N–H and O–H groups in total. The summed E-state index contributed by atoms with van der Waals surface area (Å²) in [5, 5.41) is 19.9. The van der Waals surface area contributed by atoms with Crippen LogP contribution in [0.4, 0.5) is 17.1 Å². The Kier molecular flexibility index (Phi) is 6.72. The van der Waals surface area contributed by atoms with Crippen LogP contribution in [-0.4, -0.2) is 9.97 Å². The summed E-state index contributed by atoms with van der Waals surface area (Å²) in [7, 11) is 0. The van der Waals surface area contributed by atoms with Crippen LogP contribution in [0.5, 0.6) is 0 Å². The van der Waals surface area contributed by atoms with Gasteiger partial charge in [-0.2, -0.15) is 0 Å². The zero-order chi connectivity index (χ0) is 38.6. The molecule has 0 aliphatic carbocycles. The van der Waals surface area contributed by atoms with Gasteiger partial charge in [-0.25, -0.2) is 0 Å². The van der Waals surface area contributed by atoms with E-state index < -0.39 is 0 Å². The minimum atomic E-state index is 0.987. The summed E-state index contributed by atoms with van der Waals surface area (Å²) < 4.78 is 0. The predicted molar refractivity (Wildman–Crippen MR) is 250 cm³/mol. The molecule has 0 bridgehead atoms. The van der Waals surface area contributed by atoms with Gasteiger partial charge in [0.15, 0.2) is 0 Å². The highest BCUT2D eigenvalue weighted by Gasteiger charge is 2.22. The normalized spacial score (nSPS) is 12.1. The minimum absolute atomic E-state index is 0.987. The number of rotatable bonds is 5. The fourth-order valence-corrected chi connectivity index (χ4v) is 9.91. The predicted octanol–water partition coefficient (Wildman–Crippen LogP) is 15.4. The van der Waals surface area contributed by atoms with Gasteiger partial charge in [0.1, 0.15) is 0 Å². The molecule has 11 aromatic carbocycles. The van der Waals surface area contributed by atoms with Gasteiger partial charge in [-0.05, 0) is 160 Å². The fraction of sp³-hybridized carbons (Fsp3) is 0. The molecular formula is C56H33N3. The summed E-state index contributed by atoms with van der Waals surface area (Å²) >= 11 is 0. The van der Waals surface area contributed by atoms with Crippen LogP contribution in [0.3, 0.4) is 0 Å². The van der Waals surface area contributed by atoms with E-state index in [9.17, 15) is 0 Å². The Morgan fingerprint density at radius 1 is 0.288 bits per heavy atom. The molecular weight excluding hydrogens is 715 g/mol. The maximum atomic E-state index is 4.67. The van der Waals surface area contributed by atoms with Crippen molar-refractivity contribution in [3.63, 3.8) is 0 Å². The molecule has 0 saturated carbocycles. The Labute approximate surface area is 339 Å². The van der Waals surface area contributed by atoms with Crippen molar-refractivity contribution >= 4 is 103 Å². The smallest absolute Gasteiger partial charge is 0.0702 e. The van der Waals surface area contributed by atoms with Gasteiger partial charge in [0.05, 0.1) is 17.1 Å². The molecule has 2 heterocycles. The highest BCUT2D eigenvalue weighted by molar-refractivity contribution is 6.27. The SMILES string of the molecule is c1ccc(-c2cc3ccc4cc(N(c5cc6ccc7cc(-c8ccccn8)cc8ccc(c5)c6c78)c5cc6ccccc6c6ccccc56)cc5ccc(c2)c3c45)nc1. The second-order valence-electron chi connectivity index (χ2n) is 15.8. The van der Waals surface area contributed by atoms with Crippen LogP contribution in [0.25, 0.3) is 109 Å². The Bertz CT molecular complexity index is 3460. The zero-order valence-corrected chi connectivity index (χ0v) is 31.9. The second kappa shape index (κ2) is 12.3. The lowest BCUT2D eigenvalue weighted by molar-refractivity contribution is 1.32. The van der Waals surface area contributed by atoms with Crippen molar-refractivity contribution in [3.8, 4) is 22.5 Å². The standard InChI is InChI=1S/C56H33N3/c1-2-10-47-34(9-1)33-52(49-12-4-3-11-48(47)49)59(45-29-39-19-15-35-25-43(50-13-5-7-23-57-50)26-36-16-20-40(30-45)55(39)53(35)36)46-31-41-21-17-37-27-44(51-14-6-8-24-58-51)28-38-18-22-42(32-46)56(41)54(37)38/h1-33H. The number of benzene rings is 11. The van der Waals surface area contributed by atoms with Gasteiger partial charge in [-0.1, -0.05) is 109 Å². The summed E-state index contributed by atoms with van der Waals surface area (Å²) in [6.45, 7) is 0. The molecule has 0 radical (unpaired) electrons. The Balaban J connectivity index is 1.06. The lowest BCUT2D eigenvalue weighted by Crippen LogP contribution is -2.11. The van der Waals surface area contributed by atoms with Gasteiger partial charge < -0.3 is 4.90 Å². The fourth-order valence-electron chi connectivity index (χ4n) is 9.91. The Hall–Kier alpha value is -7.88. The number of hydrogen-bond acceptors (Lipinski definition) is 3. The van der Waals surface area contributed by atoms with Crippen LogP contribution in [0.15, 0.2) is 200 Å². The van der Waals surface area contributed by atoms with Gasteiger partial charge in [0.25, 0.3) is 0 Å². The van der Waals surface area contributed by atoms with Gasteiger partial charge in [-0.15, -0.1) is 0 Å². The minimum Gasteiger partial charge on any atom is -0.310 e. The lowest BCUT2D eigenvalue weighted by Gasteiger charge is -2.29. The summed E-state index contributed by atoms with van der Waals surface area (Å²) in [5.41, 5.74) is 7.64. The molecule has 0 aliphatic heterocycles. The van der Waals surface area contributed by atoms with Gasteiger partial charge in [-0.3, -0.25) is 9.97 Å². The highest BCUT2D eigenvalue weighted by Crippen LogP contribution is 2.48. The van der Waals surface area contributed by atoms with Gasteiger partial charge in [0, 0.05) is 40.3 Å². The van der Waals surface area contributed by atoms with E-state index in [0.29, 0.717) is 0 Å². The molecule has 3 nitrogen and oxygen atoms in total. The van der Waals surface area contributed by atoms with E-state index >= 15 is 0 Å². The summed E-state index contributed by atoms with van der Waals surface area (Å²) in [6.07, 6.45) is 3.73. The third-order valence-corrected chi connectivity index (χ3v) is 12.5. The first kappa shape index (κ1) is 32.2. The third-order valence-electron chi connectivity index (χ3n) is 12.5. The maximum absolute atomic E-state index is 4.67. The zero-order valence-electron chi connectivity index (χ0n) is 31.9. The van der Waals surface area contributed by atoms with Crippen LogP contribution in [0.1, 0.15) is 0 Å². The Morgan fingerprint density at radius 3 is 1.08 bits per heavy atom. The van der Waals surface area contributed by atoms with E-state index in [1.807, 2.05) is 24.5 Å². The first-order chi connectivity index (χ1) is 29.2. The molecule has 3 heteroatoms. The average molecular weight is 748 g/mol. The summed E-state index contributed by atoms with van der Waals surface area (Å²) in [6, 6.07) is 69.2. The topological polar surface area (TPSA) is 29.0 Å². The number of pyridine rings is 2. The van der Waals surface area contributed by atoms with Crippen molar-refractivity contribution in [1.82, 2.24) is 9.97 Å². The van der Waals surface area contributed by atoms with Crippen LogP contribution >= 0.6 is 0 Å². The quantitative estimate of drug-likeness (QED) is 0.164. The van der Waals surface area contributed by atoms with E-state index in [2.05, 4.69) is 191 Å². The van der Waals surface area contributed by atoms with Crippen molar-refractivity contribution in [2.45, 2.75) is 0 Å². The number of nitrogens with zero attached hydrogens (tertiary/aromatic N) is 3. The molecule has 0 spiro atoms. The molecule has 13 aromatic rings. The van der Waals surface area contributed by atoms with E-state index in [0.717, 1.165) is 39.6 Å². The molecule has 0 amide bonds. The van der Waals surface area contributed by atoms with Gasteiger partial charge in [0.2, 0.25) is 0 Å². The maximum Gasteiger partial charge on any atom is 0.0702 e. The van der Waals surface area contributed by atoms with Crippen LogP contribution in [-0.2, 0) is 0 Å². The van der Waals surface area contributed by atoms with Gasteiger partial charge >= 0.3 is 0 Å². The number of anilines is 3. The van der Waals surface area contributed by atoms with Crippen LogP contribution < -0.4 is 4.90 Å². The molecule has 0 atom stereocenters. The first-order valence-electron chi connectivity index (χ1n) is 20.2. The molecule has 0 fully saturated rings. The number of fused-ring (bicyclic) bond motifs is 3. The molecule has 0 unspecified atom stereocenters. The number of aromatic nitrogens is 2. The summed E-state index contributed by atoms with van der Waals surface area (Å²) in [5.74, 6) is 0. The molecule has 2 aromatic heterocycles. The molecule has 0 aliphatic rings. The van der Waals surface area contributed by atoms with Crippen molar-refractivity contribution in [1.29, 1.82) is 0 Å². The van der Waals surface area contributed by atoms with E-state index in [1.54, 1.807) is 0 Å². The second-order valence-corrected chi connectivity index (χ2v) is 15.8. The third kappa shape index (κ3) is 4.89. The number of hydrogen-bond donors (Lipinski definition) is 0. The lowest BCUT2D eigenvalue weighted by atomic mass is 9.90. The molecule has 272 valence electrons. The van der Waals surface area contributed by atoms with Crippen molar-refractivity contribution in [3.05, 3.63) is 200 Å².